The third-order valence-corrected chi connectivity index (χ3v) is 2.83. The summed E-state index contributed by atoms with van der Waals surface area (Å²) in [5.41, 5.74) is 0.170. The highest BCUT2D eigenvalue weighted by Gasteiger charge is 2.15. The van der Waals surface area contributed by atoms with Gasteiger partial charge in [0.2, 0.25) is 0 Å². The van der Waals surface area contributed by atoms with Gasteiger partial charge in [-0.15, -0.1) is 0 Å². The van der Waals surface area contributed by atoms with Gasteiger partial charge in [-0.2, -0.15) is 0 Å². The zero-order chi connectivity index (χ0) is 10.0. The molecule has 0 spiro atoms. The molecule has 0 saturated heterocycles. The number of carbonyl (C=O) groups is 1. The Morgan fingerprint density at radius 1 is 1.46 bits per heavy atom. The highest BCUT2D eigenvalue weighted by Crippen LogP contribution is 2.27. The summed E-state index contributed by atoms with van der Waals surface area (Å²) in [7, 11) is 1.24. The number of hydrogen-bond acceptors (Lipinski definition) is 2. The second-order valence-electron chi connectivity index (χ2n) is 2.21. The molecule has 0 aromatic heterocycles. The van der Waals surface area contributed by atoms with Crippen LogP contribution >= 0.6 is 31.9 Å². The molecule has 1 aromatic carbocycles. The van der Waals surface area contributed by atoms with Gasteiger partial charge in [0.15, 0.2) is 5.82 Å². The van der Waals surface area contributed by atoms with Crippen LogP contribution in [0.4, 0.5) is 4.39 Å². The molecule has 13 heavy (non-hydrogen) atoms. The average molecular weight is 312 g/mol. The van der Waals surface area contributed by atoms with Gasteiger partial charge in [-0.3, -0.25) is 0 Å². The summed E-state index contributed by atoms with van der Waals surface area (Å²) in [4.78, 5) is 11.1. The van der Waals surface area contributed by atoms with E-state index in [0.29, 0.717) is 4.47 Å². The largest absolute Gasteiger partial charge is 0.465 e. The molecule has 0 aliphatic heterocycles. The van der Waals surface area contributed by atoms with Crippen LogP contribution in [0, 0.1) is 5.82 Å². The van der Waals surface area contributed by atoms with Crippen molar-refractivity contribution in [2.75, 3.05) is 7.11 Å². The van der Waals surface area contributed by atoms with E-state index in [1.807, 2.05) is 0 Å². The predicted octanol–water partition coefficient (Wildman–Crippen LogP) is 3.14. The summed E-state index contributed by atoms with van der Waals surface area (Å²) in [5, 5.41) is 0. The Kier molecular flexibility index (Phi) is 3.44. The third kappa shape index (κ3) is 2.08. The highest BCUT2D eigenvalue weighted by molar-refractivity contribution is 9.11. The molecule has 5 heteroatoms. The van der Waals surface area contributed by atoms with Crippen molar-refractivity contribution in [1.29, 1.82) is 0 Å². The van der Waals surface area contributed by atoms with Crippen molar-refractivity contribution < 1.29 is 13.9 Å². The Hall–Kier alpha value is -0.420. The highest BCUT2D eigenvalue weighted by atomic mass is 79.9. The molecule has 0 aliphatic carbocycles. The molecular weight excluding hydrogens is 307 g/mol. The lowest BCUT2D eigenvalue weighted by molar-refractivity contribution is 0.0599. The van der Waals surface area contributed by atoms with Crippen molar-refractivity contribution in [2.45, 2.75) is 0 Å². The van der Waals surface area contributed by atoms with E-state index in [-0.39, 0.29) is 10.0 Å². The van der Waals surface area contributed by atoms with Gasteiger partial charge < -0.3 is 4.74 Å². The summed E-state index contributed by atoms with van der Waals surface area (Å²) in [6.45, 7) is 0. The molecule has 70 valence electrons. The van der Waals surface area contributed by atoms with Crippen LogP contribution in [0.5, 0.6) is 0 Å². The summed E-state index contributed by atoms with van der Waals surface area (Å²) in [5.74, 6) is -1.08. The maximum absolute atomic E-state index is 13.2. The van der Waals surface area contributed by atoms with Crippen molar-refractivity contribution in [1.82, 2.24) is 0 Å². The molecule has 0 bridgehead atoms. The van der Waals surface area contributed by atoms with Gasteiger partial charge in [-0.25, -0.2) is 9.18 Å². The molecule has 0 aliphatic rings. The molecular formula is C8H5Br2FO2. The van der Waals surface area contributed by atoms with Gasteiger partial charge in [0.25, 0.3) is 0 Å². The van der Waals surface area contributed by atoms with Crippen LogP contribution in [-0.4, -0.2) is 13.1 Å². The second-order valence-corrected chi connectivity index (χ2v) is 3.86. The Bertz CT molecular complexity index is 352. The minimum absolute atomic E-state index is 0.105. The zero-order valence-electron chi connectivity index (χ0n) is 6.61. The number of hydrogen-bond donors (Lipinski definition) is 0. The maximum Gasteiger partial charge on any atom is 0.339 e. The fourth-order valence-electron chi connectivity index (χ4n) is 0.794. The van der Waals surface area contributed by atoms with E-state index in [1.54, 1.807) is 0 Å². The number of ether oxygens (including phenoxy) is 1. The molecule has 2 nitrogen and oxygen atoms in total. The van der Waals surface area contributed by atoms with Crippen molar-refractivity contribution in [2.24, 2.45) is 0 Å². The molecule has 0 fully saturated rings. The van der Waals surface area contributed by atoms with Crippen LogP contribution in [0.2, 0.25) is 0 Å². The number of carbonyl (C=O) groups excluding carboxylic acids is 1. The average Bonchev–Trinajstić information content (AvgIpc) is 2.13. The van der Waals surface area contributed by atoms with Crippen LogP contribution in [0.1, 0.15) is 10.4 Å². The lowest BCUT2D eigenvalue weighted by atomic mass is 10.2. The van der Waals surface area contributed by atoms with Crippen molar-refractivity contribution >= 4 is 37.8 Å². The number of methoxy groups -OCH3 is 1. The summed E-state index contributed by atoms with van der Waals surface area (Å²) < 4.78 is 18.1. The van der Waals surface area contributed by atoms with Crippen LogP contribution < -0.4 is 0 Å². The molecule has 0 saturated carbocycles. The van der Waals surface area contributed by atoms with E-state index in [0.717, 1.165) is 0 Å². The fraction of sp³-hybridized carbons (Fsp3) is 0.125. The van der Waals surface area contributed by atoms with Crippen LogP contribution in [-0.2, 0) is 4.74 Å². The minimum atomic E-state index is -0.571. The molecule has 1 aromatic rings. The number of halogens is 3. The van der Waals surface area contributed by atoms with Gasteiger partial charge >= 0.3 is 5.97 Å². The predicted molar refractivity (Wildman–Crippen MR) is 53.1 cm³/mol. The number of rotatable bonds is 1. The van der Waals surface area contributed by atoms with Gasteiger partial charge in [0.05, 0.1) is 21.6 Å². The smallest absolute Gasteiger partial charge is 0.339 e. The number of esters is 1. The van der Waals surface area contributed by atoms with E-state index < -0.39 is 11.8 Å². The molecule has 0 heterocycles. The standard InChI is InChI=1S/C8H5Br2FO2/c1-13-8(12)4-2-3-5(9)7(11)6(4)10/h2-3H,1H3. The topological polar surface area (TPSA) is 26.3 Å². The van der Waals surface area contributed by atoms with Gasteiger partial charge in [0, 0.05) is 0 Å². The molecule has 1 rings (SSSR count). The first-order valence-electron chi connectivity index (χ1n) is 3.29. The summed E-state index contributed by atoms with van der Waals surface area (Å²) in [6, 6.07) is 2.93. The first-order chi connectivity index (χ1) is 6.07. The van der Waals surface area contributed by atoms with Gasteiger partial charge in [-0.05, 0) is 44.0 Å². The molecule has 0 unspecified atom stereocenters. The molecule has 0 radical (unpaired) electrons. The van der Waals surface area contributed by atoms with Crippen molar-refractivity contribution in [3.05, 3.63) is 32.5 Å². The zero-order valence-corrected chi connectivity index (χ0v) is 9.78. The molecule has 0 N–H and O–H groups in total. The Labute approximate surface area is 91.3 Å². The normalized spacial score (nSPS) is 9.85. The maximum atomic E-state index is 13.2. The second kappa shape index (κ2) is 4.19. The monoisotopic (exact) mass is 310 g/mol. The van der Waals surface area contributed by atoms with Crippen molar-refractivity contribution in [3.63, 3.8) is 0 Å². The Balaban J connectivity index is 3.26. The van der Waals surface area contributed by atoms with Crippen LogP contribution in [0.15, 0.2) is 21.1 Å². The van der Waals surface area contributed by atoms with Crippen LogP contribution in [0.25, 0.3) is 0 Å². The van der Waals surface area contributed by atoms with Crippen molar-refractivity contribution in [3.8, 4) is 0 Å². The van der Waals surface area contributed by atoms with E-state index in [2.05, 4.69) is 36.6 Å². The minimum Gasteiger partial charge on any atom is -0.465 e. The SMILES string of the molecule is COC(=O)c1ccc(Br)c(F)c1Br. The van der Waals surface area contributed by atoms with E-state index >= 15 is 0 Å². The summed E-state index contributed by atoms with van der Waals surface area (Å²) >= 11 is 5.96. The van der Waals surface area contributed by atoms with E-state index in [1.165, 1.54) is 19.2 Å². The summed E-state index contributed by atoms with van der Waals surface area (Å²) in [6.07, 6.45) is 0. The molecule has 0 atom stereocenters. The quantitative estimate of drug-likeness (QED) is 0.588. The van der Waals surface area contributed by atoms with Crippen LogP contribution in [0.3, 0.4) is 0 Å². The third-order valence-electron chi connectivity index (χ3n) is 1.44. The van der Waals surface area contributed by atoms with E-state index in [9.17, 15) is 9.18 Å². The first kappa shape index (κ1) is 10.7. The Morgan fingerprint density at radius 3 is 2.62 bits per heavy atom. The first-order valence-corrected chi connectivity index (χ1v) is 4.88. The van der Waals surface area contributed by atoms with Gasteiger partial charge in [0.1, 0.15) is 0 Å². The number of benzene rings is 1. The Morgan fingerprint density at radius 2 is 2.08 bits per heavy atom. The molecule has 0 amide bonds. The lowest BCUT2D eigenvalue weighted by Crippen LogP contribution is -2.03. The lowest BCUT2D eigenvalue weighted by Gasteiger charge is -2.03. The van der Waals surface area contributed by atoms with E-state index in [4.69, 9.17) is 0 Å². The fourth-order valence-corrected chi connectivity index (χ4v) is 1.90. The van der Waals surface area contributed by atoms with Gasteiger partial charge in [-0.1, -0.05) is 0 Å².